The molecule has 0 aliphatic carbocycles. The quantitative estimate of drug-likeness (QED) is 0.757. The molecule has 2 aromatic rings. The van der Waals surface area contributed by atoms with Gasteiger partial charge in [-0.15, -0.1) is 0 Å². The SMILES string of the molecule is Cc1ccc(S(=O)(=O)N2CCC[NH+](CC(=O)Nc3cc(C)on3)CC2)cc1. The minimum absolute atomic E-state index is 0.159. The van der Waals surface area contributed by atoms with Crippen molar-refractivity contribution in [2.75, 3.05) is 38.0 Å². The zero-order chi connectivity index (χ0) is 19.4. The highest BCUT2D eigenvalue weighted by Crippen LogP contribution is 2.16. The summed E-state index contributed by atoms with van der Waals surface area (Å²) in [6, 6.07) is 8.56. The first-order chi connectivity index (χ1) is 12.8. The van der Waals surface area contributed by atoms with Gasteiger partial charge >= 0.3 is 0 Å². The normalized spacial score (nSPS) is 18.8. The molecule has 146 valence electrons. The van der Waals surface area contributed by atoms with Crippen molar-refractivity contribution < 1.29 is 22.6 Å². The number of hydrogen-bond acceptors (Lipinski definition) is 5. The molecule has 9 heteroatoms. The molecule has 1 aliphatic rings. The predicted molar refractivity (Wildman–Crippen MR) is 100.0 cm³/mol. The van der Waals surface area contributed by atoms with Gasteiger partial charge in [0.05, 0.1) is 24.5 Å². The number of sulfonamides is 1. The number of quaternary nitrogens is 1. The Bertz CT molecular complexity index is 892. The zero-order valence-electron chi connectivity index (χ0n) is 15.6. The van der Waals surface area contributed by atoms with E-state index < -0.39 is 10.0 Å². The van der Waals surface area contributed by atoms with Crippen LogP contribution >= 0.6 is 0 Å². The van der Waals surface area contributed by atoms with Crippen LogP contribution in [0.25, 0.3) is 0 Å². The molecular weight excluding hydrogens is 368 g/mol. The maximum absolute atomic E-state index is 12.8. The summed E-state index contributed by atoms with van der Waals surface area (Å²) >= 11 is 0. The summed E-state index contributed by atoms with van der Waals surface area (Å²) in [7, 11) is -3.50. The molecule has 0 bridgehead atoms. The smallest absolute Gasteiger partial charge is 0.280 e. The van der Waals surface area contributed by atoms with E-state index in [1.54, 1.807) is 37.3 Å². The number of rotatable bonds is 5. The number of benzene rings is 1. The number of carbonyl (C=O) groups excluding carboxylic acids is 1. The van der Waals surface area contributed by atoms with Crippen LogP contribution in [0.2, 0.25) is 0 Å². The van der Waals surface area contributed by atoms with Crippen LogP contribution in [-0.4, -0.2) is 56.5 Å². The lowest BCUT2D eigenvalue weighted by Gasteiger charge is -2.20. The summed E-state index contributed by atoms with van der Waals surface area (Å²) in [4.78, 5) is 13.6. The van der Waals surface area contributed by atoms with Crippen LogP contribution < -0.4 is 10.2 Å². The van der Waals surface area contributed by atoms with Crippen LogP contribution in [0.15, 0.2) is 39.8 Å². The Hall–Kier alpha value is -2.23. The second-order valence-electron chi connectivity index (χ2n) is 6.87. The summed E-state index contributed by atoms with van der Waals surface area (Å²) in [5.74, 6) is 0.868. The summed E-state index contributed by atoms with van der Waals surface area (Å²) in [6.45, 7) is 6.12. The minimum Gasteiger partial charge on any atom is -0.360 e. The fourth-order valence-electron chi connectivity index (χ4n) is 3.14. The van der Waals surface area contributed by atoms with E-state index in [0.717, 1.165) is 17.0 Å². The zero-order valence-corrected chi connectivity index (χ0v) is 16.4. The number of nitrogens with zero attached hydrogens (tertiary/aromatic N) is 2. The fourth-order valence-corrected chi connectivity index (χ4v) is 4.62. The van der Waals surface area contributed by atoms with Crippen molar-refractivity contribution in [3.63, 3.8) is 0 Å². The van der Waals surface area contributed by atoms with Crippen LogP contribution in [-0.2, 0) is 14.8 Å². The largest absolute Gasteiger partial charge is 0.360 e. The van der Waals surface area contributed by atoms with E-state index in [1.165, 1.54) is 4.31 Å². The number of aromatic nitrogens is 1. The van der Waals surface area contributed by atoms with E-state index >= 15 is 0 Å². The first-order valence-corrected chi connectivity index (χ1v) is 10.4. The third kappa shape index (κ3) is 4.94. The Morgan fingerprint density at radius 3 is 2.63 bits per heavy atom. The molecule has 27 heavy (non-hydrogen) atoms. The number of nitrogens with one attached hydrogen (secondary N) is 2. The Morgan fingerprint density at radius 2 is 1.96 bits per heavy atom. The van der Waals surface area contributed by atoms with Gasteiger partial charge in [-0.05, 0) is 26.0 Å². The molecule has 3 rings (SSSR count). The van der Waals surface area contributed by atoms with Crippen LogP contribution in [0.1, 0.15) is 17.7 Å². The Balaban J connectivity index is 1.58. The maximum atomic E-state index is 12.8. The van der Waals surface area contributed by atoms with Crippen LogP contribution in [0.4, 0.5) is 5.82 Å². The fraction of sp³-hybridized carbons (Fsp3) is 0.444. The third-order valence-electron chi connectivity index (χ3n) is 4.62. The van der Waals surface area contributed by atoms with Gasteiger partial charge in [-0.2, -0.15) is 4.31 Å². The van der Waals surface area contributed by atoms with E-state index in [-0.39, 0.29) is 12.5 Å². The maximum Gasteiger partial charge on any atom is 0.280 e. The Kier molecular flexibility index (Phi) is 5.93. The molecule has 1 atom stereocenters. The van der Waals surface area contributed by atoms with Gasteiger partial charge in [0, 0.05) is 19.0 Å². The van der Waals surface area contributed by atoms with E-state index in [9.17, 15) is 13.2 Å². The molecule has 1 aliphatic heterocycles. The third-order valence-corrected chi connectivity index (χ3v) is 6.53. The average Bonchev–Trinajstić information content (AvgIpc) is 2.88. The highest BCUT2D eigenvalue weighted by atomic mass is 32.2. The van der Waals surface area contributed by atoms with Gasteiger partial charge in [-0.3, -0.25) is 4.79 Å². The van der Waals surface area contributed by atoms with Gasteiger partial charge < -0.3 is 14.7 Å². The highest BCUT2D eigenvalue weighted by molar-refractivity contribution is 7.89. The highest BCUT2D eigenvalue weighted by Gasteiger charge is 2.29. The summed E-state index contributed by atoms with van der Waals surface area (Å²) in [6.07, 6.45) is 0.705. The molecule has 1 aromatic heterocycles. The molecule has 1 unspecified atom stereocenters. The van der Waals surface area contributed by atoms with Crippen molar-refractivity contribution in [3.8, 4) is 0 Å². The van der Waals surface area contributed by atoms with E-state index in [1.807, 2.05) is 6.92 Å². The summed E-state index contributed by atoms with van der Waals surface area (Å²) < 4.78 is 32.1. The standard InChI is InChI=1S/C18H24N4O4S/c1-14-4-6-16(7-5-14)27(24,25)22-9-3-8-21(10-11-22)13-18(23)19-17-12-15(2)26-20-17/h4-7,12H,3,8-11,13H2,1-2H3,(H,19,20,23)/p+1. The van der Waals surface area contributed by atoms with Gasteiger partial charge in [-0.1, -0.05) is 22.9 Å². The second-order valence-corrected chi connectivity index (χ2v) is 8.81. The molecule has 1 amide bonds. The Labute approximate surface area is 159 Å². The average molecular weight is 393 g/mol. The number of anilines is 1. The van der Waals surface area contributed by atoms with Crippen molar-refractivity contribution in [3.05, 3.63) is 41.7 Å². The van der Waals surface area contributed by atoms with Crippen LogP contribution in [0, 0.1) is 13.8 Å². The van der Waals surface area contributed by atoms with Gasteiger partial charge in [0.1, 0.15) is 5.76 Å². The monoisotopic (exact) mass is 393 g/mol. The number of amides is 1. The molecule has 8 nitrogen and oxygen atoms in total. The van der Waals surface area contributed by atoms with E-state index in [2.05, 4.69) is 10.5 Å². The van der Waals surface area contributed by atoms with Crippen molar-refractivity contribution in [2.45, 2.75) is 25.2 Å². The van der Waals surface area contributed by atoms with Crippen molar-refractivity contribution >= 4 is 21.7 Å². The van der Waals surface area contributed by atoms with Crippen molar-refractivity contribution in [2.24, 2.45) is 0 Å². The van der Waals surface area contributed by atoms with Crippen LogP contribution in [0.3, 0.4) is 0 Å². The van der Waals surface area contributed by atoms with Gasteiger partial charge in [0.25, 0.3) is 5.91 Å². The lowest BCUT2D eigenvalue weighted by atomic mass is 10.2. The Morgan fingerprint density at radius 1 is 1.22 bits per heavy atom. The molecule has 1 fully saturated rings. The minimum atomic E-state index is -3.50. The first kappa shape index (κ1) is 19.5. The van der Waals surface area contributed by atoms with Crippen LogP contribution in [0.5, 0.6) is 0 Å². The van der Waals surface area contributed by atoms with Crippen molar-refractivity contribution in [1.29, 1.82) is 0 Å². The predicted octanol–water partition coefficient (Wildman–Crippen LogP) is 0.209. The molecular formula is C18H25N4O4S+. The molecule has 0 saturated carbocycles. The van der Waals surface area contributed by atoms with E-state index in [0.29, 0.717) is 42.5 Å². The molecule has 1 aromatic carbocycles. The number of aryl methyl sites for hydroxylation is 2. The molecule has 2 N–H and O–H groups in total. The second kappa shape index (κ2) is 8.20. The summed E-state index contributed by atoms with van der Waals surface area (Å²) in [5.41, 5.74) is 1.02. The molecule has 1 saturated heterocycles. The van der Waals surface area contributed by atoms with Gasteiger partial charge in [0.2, 0.25) is 10.0 Å². The first-order valence-electron chi connectivity index (χ1n) is 8.98. The number of hydrogen-bond donors (Lipinski definition) is 2. The van der Waals surface area contributed by atoms with Gasteiger partial charge in [0.15, 0.2) is 12.4 Å². The number of carbonyl (C=O) groups is 1. The molecule has 0 spiro atoms. The summed E-state index contributed by atoms with van der Waals surface area (Å²) in [5, 5.41) is 6.45. The molecule has 0 radical (unpaired) electrons. The lowest BCUT2D eigenvalue weighted by molar-refractivity contribution is -0.889. The van der Waals surface area contributed by atoms with E-state index in [4.69, 9.17) is 4.52 Å². The topological polar surface area (TPSA) is 97.0 Å². The van der Waals surface area contributed by atoms with Gasteiger partial charge in [-0.25, -0.2) is 8.42 Å². The van der Waals surface area contributed by atoms with Crippen molar-refractivity contribution in [1.82, 2.24) is 9.46 Å². The molecule has 2 heterocycles. The lowest BCUT2D eigenvalue weighted by Crippen LogP contribution is -3.13.